The number of hydrogen-bond acceptors (Lipinski definition) is 4. The highest BCUT2D eigenvalue weighted by Gasteiger charge is 2.40. The van der Waals surface area contributed by atoms with E-state index in [0.717, 1.165) is 31.4 Å². The van der Waals surface area contributed by atoms with E-state index in [9.17, 15) is 13.6 Å². The third-order valence-corrected chi connectivity index (χ3v) is 4.19. The number of aromatic nitrogens is 2. The van der Waals surface area contributed by atoms with Crippen LogP contribution in [0.1, 0.15) is 54.2 Å². The van der Waals surface area contributed by atoms with Gasteiger partial charge in [0.2, 0.25) is 5.89 Å². The van der Waals surface area contributed by atoms with Gasteiger partial charge >= 0.3 is 0 Å². The monoisotopic (exact) mass is 321 g/mol. The minimum atomic E-state index is -0.891. The fraction of sp³-hybridized carbons (Fsp3) is 0.438. The van der Waals surface area contributed by atoms with Gasteiger partial charge in [-0.3, -0.25) is 4.79 Å². The summed E-state index contributed by atoms with van der Waals surface area (Å²) in [4.78, 5) is 16.7. The molecule has 1 aliphatic rings. The summed E-state index contributed by atoms with van der Waals surface area (Å²) in [5, 5.41) is 6.79. The molecule has 23 heavy (non-hydrogen) atoms. The van der Waals surface area contributed by atoms with Crippen LogP contribution in [0.3, 0.4) is 0 Å². The third-order valence-electron chi connectivity index (χ3n) is 4.19. The van der Waals surface area contributed by atoms with Crippen molar-refractivity contribution in [1.29, 1.82) is 0 Å². The largest absolute Gasteiger partial charge is 0.340 e. The lowest BCUT2D eigenvalue weighted by Crippen LogP contribution is -2.48. The van der Waals surface area contributed by atoms with E-state index in [1.54, 1.807) is 6.92 Å². The van der Waals surface area contributed by atoms with Gasteiger partial charge in [-0.05, 0) is 25.0 Å². The Hall–Kier alpha value is -2.31. The first kappa shape index (κ1) is 15.6. The molecule has 2 aromatic rings. The SMILES string of the molecule is Cc1nc(C2(NC(=O)c3ccc(F)cc3F)CCCCC2)no1. The second-order valence-corrected chi connectivity index (χ2v) is 5.86. The molecule has 3 rings (SSSR count). The quantitative estimate of drug-likeness (QED) is 0.942. The molecule has 0 spiro atoms. The predicted octanol–water partition coefficient (Wildman–Crippen LogP) is 3.25. The summed E-state index contributed by atoms with van der Waals surface area (Å²) in [5.74, 6) is -1.40. The van der Waals surface area contributed by atoms with Gasteiger partial charge in [-0.1, -0.05) is 24.4 Å². The lowest BCUT2D eigenvalue weighted by atomic mass is 9.80. The molecule has 0 radical (unpaired) electrons. The van der Waals surface area contributed by atoms with Crippen molar-refractivity contribution in [3.8, 4) is 0 Å². The highest BCUT2D eigenvalue weighted by atomic mass is 19.1. The van der Waals surface area contributed by atoms with Crippen molar-refractivity contribution < 1.29 is 18.1 Å². The first-order valence-electron chi connectivity index (χ1n) is 7.58. The third kappa shape index (κ3) is 3.09. The van der Waals surface area contributed by atoms with E-state index in [2.05, 4.69) is 15.5 Å². The molecule has 0 unspecified atom stereocenters. The number of benzene rings is 1. The van der Waals surface area contributed by atoms with Crippen molar-refractivity contribution in [2.24, 2.45) is 0 Å². The number of carbonyl (C=O) groups is 1. The molecule has 1 N–H and O–H groups in total. The Morgan fingerprint density at radius 2 is 2.00 bits per heavy atom. The van der Waals surface area contributed by atoms with Crippen LogP contribution in [0, 0.1) is 18.6 Å². The van der Waals surface area contributed by atoms with Crippen molar-refractivity contribution in [3.63, 3.8) is 0 Å². The highest BCUT2D eigenvalue weighted by Crippen LogP contribution is 2.36. The van der Waals surface area contributed by atoms with Gasteiger partial charge in [-0.15, -0.1) is 0 Å². The minimum absolute atomic E-state index is 0.198. The molecule has 0 saturated heterocycles. The summed E-state index contributed by atoms with van der Waals surface area (Å²) in [6.07, 6.45) is 4.17. The van der Waals surface area contributed by atoms with Crippen molar-refractivity contribution in [2.75, 3.05) is 0 Å². The molecule has 1 heterocycles. The zero-order valence-electron chi connectivity index (χ0n) is 12.7. The molecule has 7 heteroatoms. The average Bonchev–Trinajstić information content (AvgIpc) is 2.95. The molecule has 1 saturated carbocycles. The van der Waals surface area contributed by atoms with Crippen LogP contribution in [-0.2, 0) is 5.54 Å². The van der Waals surface area contributed by atoms with E-state index in [1.165, 1.54) is 0 Å². The molecule has 0 aliphatic heterocycles. The number of halogens is 2. The van der Waals surface area contributed by atoms with Crippen molar-refractivity contribution >= 4 is 5.91 Å². The fourth-order valence-corrected chi connectivity index (χ4v) is 3.01. The van der Waals surface area contributed by atoms with Crippen molar-refractivity contribution in [1.82, 2.24) is 15.5 Å². The maximum Gasteiger partial charge on any atom is 0.255 e. The van der Waals surface area contributed by atoms with Crippen LogP contribution in [0.15, 0.2) is 22.7 Å². The summed E-state index contributed by atoms with van der Waals surface area (Å²) >= 11 is 0. The van der Waals surface area contributed by atoms with Gasteiger partial charge in [-0.2, -0.15) is 4.98 Å². The van der Waals surface area contributed by atoms with Gasteiger partial charge < -0.3 is 9.84 Å². The van der Waals surface area contributed by atoms with Gasteiger partial charge in [0.05, 0.1) is 5.56 Å². The Bertz CT molecular complexity index is 724. The van der Waals surface area contributed by atoms with Crippen LogP contribution in [0.4, 0.5) is 8.78 Å². The summed E-state index contributed by atoms with van der Waals surface area (Å²) in [6.45, 7) is 1.68. The topological polar surface area (TPSA) is 68.0 Å². The molecule has 1 aliphatic carbocycles. The first-order valence-corrected chi connectivity index (χ1v) is 7.58. The van der Waals surface area contributed by atoms with Crippen molar-refractivity contribution in [2.45, 2.75) is 44.6 Å². The van der Waals surface area contributed by atoms with E-state index in [1.807, 2.05) is 0 Å². The first-order chi connectivity index (χ1) is 11.0. The molecular formula is C16H17F2N3O2. The Balaban J connectivity index is 1.91. The van der Waals surface area contributed by atoms with Crippen LogP contribution < -0.4 is 5.32 Å². The van der Waals surface area contributed by atoms with Gasteiger partial charge in [0, 0.05) is 13.0 Å². The Morgan fingerprint density at radius 3 is 2.61 bits per heavy atom. The molecule has 0 bridgehead atoms. The second kappa shape index (κ2) is 6.06. The highest BCUT2D eigenvalue weighted by molar-refractivity contribution is 5.95. The number of nitrogens with zero attached hydrogens (tertiary/aromatic N) is 2. The van der Waals surface area contributed by atoms with Crippen LogP contribution in [0.5, 0.6) is 0 Å². The molecule has 122 valence electrons. The van der Waals surface area contributed by atoms with Crippen LogP contribution in [0.25, 0.3) is 0 Å². The Morgan fingerprint density at radius 1 is 1.26 bits per heavy atom. The average molecular weight is 321 g/mol. The molecule has 1 aromatic carbocycles. The number of aryl methyl sites for hydroxylation is 1. The number of rotatable bonds is 3. The smallest absolute Gasteiger partial charge is 0.255 e. The summed E-state index contributed by atoms with van der Waals surface area (Å²) in [7, 11) is 0. The summed E-state index contributed by atoms with van der Waals surface area (Å²) in [6, 6.07) is 2.89. The number of amides is 1. The molecular weight excluding hydrogens is 304 g/mol. The molecule has 1 amide bonds. The molecule has 1 fully saturated rings. The number of nitrogens with one attached hydrogen (secondary N) is 1. The van der Waals surface area contributed by atoms with Gasteiger partial charge in [-0.25, -0.2) is 8.78 Å². The van der Waals surface area contributed by atoms with E-state index in [4.69, 9.17) is 4.52 Å². The number of hydrogen-bond donors (Lipinski definition) is 1. The summed E-state index contributed by atoms with van der Waals surface area (Å²) in [5.41, 5.74) is -0.968. The molecule has 0 atom stereocenters. The standard InChI is InChI=1S/C16H17F2N3O2/c1-10-19-15(21-23-10)16(7-3-2-4-8-16)20-14(22)12-6-5-11(17)9-13(12)18/h5-6,9H,2-4,7-8H2,1H3,(H,20,22). The number of carbonyl (C=O) groups excluding carboxylic acids is 1. The van der Waals surface area contributed by atoms with E-state index < -0.39 is 23.1 Å². The van der Waals surface area contributed by atoms with E-state index in [-0.39, 0.29) is 5.56 Å². The maximum atomic E-state index is 13.8. The van der Waals surface area contributed by atoms with Crippen molar-refractivity contribution in [3.05, 3.63) is 47.1 Å². The zero-order chi connectivity index (χ0) is 16.4. The van der Waals surface area contributed by atoms with Gasteiger partial charge in [0.15, 0.2) is 5.82 Å². The van der Waals surface area contributed by atoms with E-state index in [0.29, 0.717) is 30.6 Å². The molecule has 5 nitrogen and oxygen atoms in total. The van der Waals surface area contributed by atoms with Crippen LogP contribution in [-0.4, -0.2) is 16.0 Å². The van der Waals surface area contributed by atoms with Crippen LogP contribution >= 0.6 is 0 Å². The van der Waals surface area contributed by atoms with Gasteiger partial charge in [0.25, 0.3) is 5.91 Å². The lowest BCUT2D eigenvalue weighted by molar-refractivity contribution is 0.0851. The fourth-order valence-electron chi connectivity index (χ4n) is 3.01. The normalized spacial score (nSPS) is 17.0. The van der Waals surface area contributed by atoms with E-state index >= 15 is 0 Å². The lowest BCUT2D eigenvalue weighted by Gasteiger charge is -2.35. The predicted molar refractivity (Wildman–Crippen MR) is 77.6 cm³/mol. The van der Waals surface area contributed by atoms with Gasteiger partial charge in [0.1, 0.15) is 17.2 Å². The van der Waals surface area contributed by atoms with Crippen LogP contribution in [0.2, 0.25) is 0 Å². The summed E-state index contributed by atoms with van der Waals surface area (Å²) < 4.78 is 31.9. The Labute approximate surface area is 132 Å². The second-order valence-electron chi connectivity index (χ2n) is 5.86. The maximum absolute atomic E-state index is 13.8. The zero-order valence-corrected chi connectivity index (χ0v) is 12.7. The molecule has 1 aromatic heterocycles. The Kier molecular flexibility index (Phi) is 4.11. The minimum Gasteiger partial charge on any atom is -0.340 e.